The average molecular weight is 255 g/mol. The molecule has 1 aromatic heterocycles. The molecule has 1 N–H and O–H groups in total. The summed E-state index contributed by atoms with van der Waals surface area (Å²) in [5, 5.41) is 8.35. The molecule has 100 valence electrons. The van der Waals surface area contributed by atoms with Gasteiger partial charge in [0, 0.05) is 6.20 Å². The predicted octanol–water partition coefficient (Wildman–Crippen LogP) is 2.33. The molecule has 1 saturated heterocycles. The van der Waals surface area contributed by atoms with Gasteiger partial charge in [-0.2, -0.15) is 5.10 Å². The van der Waals surface area contributed by atoms with E-state index in [1.165, 1.54) is 62.9 Å². The second-order valence-corrected chi connectivity index (χ2v) is 7.31. The van der Waals surface area contributed by atoms with E-state index in [2.05, 4.69) is 28.3 Å². The molecule has 3 heteroatoms. The number of rotatable bonds is 1. The van der Waals surface area contributed by atoms with Crippen LogP contribution in [0.1, 0.15) is 43.4 Å². The number of fused-ring (bicyclic) bond motifs is 1. The summed E-state index contributed by atoms with van der Waals surface area (Å²) in [5.41, 5.74) is 3.60. The summed E-state index contributed by atoms with van der Waals surface area (Å²) < 4.78 is 2.32. The van der Waals surface area contributed by atoms with Gasteiger partial charge in [0.2, 0.25) is 0 Å². The Morgan fingerprint density at radius 1 is 1.21 bits per heavy atom. The normalized spacial score (nSPS) is 37.6. The van der Waals surface area contributed by atoms with Crippen molar-refractivity contribution in [3.63, 3.8) is 0 Å². The Bertz CT molecular complexity index is 546. The van der Waals surface area contributed by atoms with Crippen LogP contribution in [0.5, 0.6) is 0 Å². The second-order valence-electron chi connectivity index (χ2n) is 7.31. The monoisotopic (exact) mass is 255 g/mol. The molecule has 5 aliphatic rings. The Hall–Kier alpha value is -1.09. The van der Waals surface area contributed by atoms with Crippen molar-refractivity contribution in [3.05, 3.63) is 23.5 Å². The zero-order chi connectivity index (χ0) is 12.5. The van der Waals surface area contributed by atoms with E-state index in [1.807, 2.05) is 0 Å². The molecule has 3 saturated carbocycles. The lowest BCUT2D eigenvalue weighted by molar-refractivity contribution is -0.0978. The Morgan fingerprint density at radius 3 is 2.68 bits per heavy atom. The van der Waals surface area contributed by atoms with Crippen LogP contribution in [0.2, 0.25) is 0 Å². The lowest BCUT2D eigenvalue weighted by Gasteiger charge is -2.61. The molecule has 0 amide bonds. The summed E-state index contributed by atoms with van der Waals surface area (Å²) in [6.07, 6.45) is 15.0. The van der Waals surface area contributed by atoms with Gasteiger partial charge in [0.15, 0.2) is 0 Å². The molecule has 6 rings (SSSR count). The van der Waals surface area contributed by atoms with Gasteiger partial charge in [-0.05, 0) is 74.6 Å². The number of nitrogens with zero attached hydrogens (tertiary/aromatic N) is 2. The van der Waals surface area contributed by atoms with Crippen molar-refractivity contribution in [1.29, 1.82) is 0 Å². The summed E-state index contributed by atoms with van der Waals surface area (Å²) in [5.74, 6) is 1.02. The molecule has 2 bridgehead atoms. The van der Waals surface area contributed by atoms with Gasteiger partial charge in [-0.25, -0.2) is 0 Å². The largest absolute Gasteiger partial charge is 0.317 e. The maximum atomic E-state index is 4.87. The van der Waals surface area contributed by atoms with Crippen molar-refractivity contribution in [1.82, 2.24) is 15.1 Å². The minimum atomic E-state index is 0.422. The fourth-order valence-corrected chi connectivity index (χ4v) is 4.62. The van der Waals surface area contributed by atoms with Gasteiger partial charge in [0.05, 0.1) is 11.2 Å². The molecule has 2 heterocycles. The lowest BCUT2D eigenvalue weighted by atomic mass is 9.50. The highest BCUT2D eigenvalue weighted by molar-refractivity contribution is 5.54. The van der Waals surface area contributed by atoms with Gasteiger partial charge in [-0.1, -0.05) is 6.08 Å². The van der Waals surface area contributed by atoms with Crippen molar-refractivity contribution < 1.29 is 0 Å². The van der Waals surface area contributed by atoms with Crippen LogP contribution in [0, 0.1) is 11.3 Å². The van der Waals surface area contributed by atoms with Gasteiger partial charge >= 0.3 is 0 Å². The van der Waals surface area contributed by atoms with Gasteiger partial charge in [0.1, 0.15) is 0 Å². The van der Waals surface area contributed by atoms with E-state index in [-0.39, 0.29) is 0 Å². The van der Waals surface area contributed by atoms with Crippen molar-refractivity contribution in [2.45, 2.75) is 44.1 Å². The molecule has 0 radical (unpaired) electrons. The number of hydrogen-bond donors (Lipinski definition) is 1. The van der Waals surface area contributed by atoms with E-state index < -0.39 is 0 Å². The minimum absolute atomic E-state index is 0.422. The molecule has 19 heavy (non-hydrogen) atoms. The third kappa shape index (κ3) is 1.34. The van der Waals surface area contributed by atoms with Crippen LogP contribution in [0.4, 0.5) is 0 Å². The second kappa shape index (κ2) is 3.32. The number of nitrogens with one attached hydrogen (secondary N) is 1. The smallest absolute Gasteiger partial charge is 0.0880 e. The summed E-state index contributed by atoms with van der Waals surface area (Å²) in [6.45, 7) is 2.33. The predicted molar refractivity (Wildman–Crippen MR) is 74.8 cm³/mol. The molecule has 0 aromatic carbocycles. The van der Waals surface area contributed by atoms with E-state index in [0.29, 0.717) is 11.0 Å². The third-order valence-corrected chi connectivity index (χ3v) is 6.05. The minimum Gasteiger partial charge on any atom is -0.317 e. The van der Waals surface area contributed by atoms with Crippen LogP contribution < -0.4 is 5.32 Å². The van der Waals surface area contributed by atoms with Gasteiger partial charge < -0.3 is 5.32 Å². The van der Waals surface area contributed by atoms with E-state index in [1.54, 1.807) is 0 Å². The Balaban J connectivity index is 1.48. The van der Waals surface area contributed by atoms with Crippen LogP contribution >= 0.6 is 0 Å². The first-order chi connectivity index (χ1) is 9.27. The third-order valence-electron chi connectivity index (χ3n) is 6.05. The molecule has 3 nitrogen and oxygen atoms in total. The highest BCUT2D eigenvalue weighted by atomic mass is 15.3. The molecule has 1 spiro atoms. The first kappa shape index (κ1) is 10.7. The van der Waals surface area contributed by atoms with Crippen LogP contribution in [0.25, 0.3) is 6.08 Å². The SMILES string of the molecule is C1=CC2(CCNCC2)Cc2cn(C34CC(C3)C4)nc21. The quantitative estimate of drug-likeness (QED) is 0.834. The highest BCUT2D eigenvalue weighted by Crippen LogP contribution is 2.62. The zero-order valence-electron chi connectivity index (χ0n) is 11.4. The van der Waals surface area contributed by atoms with Crippen molar-refractivity contribution in [2.75, 3.05) is 13.1 Å². The Labute approximate surface area is 114 Å². The lowest BCUT2D eigenvalue weighted by Crippen LogP contribution is -2.59. The van der Waals surface area contributed by atoms with Crippen LogP contribution in [0.15, 0.2) is 12.3 Å². The van der Waals surface area contributed by atoms with E-state index in [4.69, 9.17) is 5.10 Å². The van der Waals surface area contributed by atoms with Crippen molar-refractivity contribution in [2.24, 2.45) is 11.3 Å². The van der Waals surface area contributed by atoms with Crippen LogP contribution in [-0.2, 0) is 12.0 Å². The molecule has 4 fully saturated rings. The number of piperidine rings is 1. The molecule has 0 unspecified atom stereocenters. The number of allylic oxidation sites excluding steroid dienone is 1. The Morgan fingerprint density at radius 2 is 2.00 bits per heavy atom. The standard InChI is InChI=1S/C16H21N3/c1-2-15(3-5-17-6-4-15)10-13-11-19(18-14(1)13)16-7-12(8-16)9-16/h1-2,11-12,17H,3-10H2. The van der Waals surface area contributed by atoms with E-state index in [0.717, 1.165) is 5.92 Å². The summed E-state index contributed by atoms with van der Waals surface area (Å²) in [6, 6.07) is 0. The van der Waals surface area contributed by atoms with Gasteiger partial charge in [0.25, 0.3) is 0 Å². The number of hydrogen-bond acceptors (Lipinski definition) is 2. The highest BCUT2D eigenvalue weighted by Gasteiger charge is 2.58. The van der Waals surface area contributed by atoms with Crippen LogP contribution in [0.3, 0.4) is 0 Å². The Kier molecular flexibility index (Phi) is 1.86. The maximum Gasteiger partial charge on any atom is 0.0880 e. The zero-order valence-corrected chi connectivity index (χ0v) is 11.4. The van der Waals surface area contributed by atoms with E-state index >= 15 is 0 Å². The topological polar surface area (TPSA) is 29.9 Å². The molecule has 4 aliphatic carbocycles. The van der Waals surface area contributed by atoms with Crippen molar-refractivity contribution >= 4 is 6.08 Å². The summed E-state index contributed by atoms with van der Waals surface area (Å²) in [7, 11) is 0. The van der Waals surface area contributed by atoms with Crippen LogP contribution in [-0.4, -0.2) is 22.9 Å². The summed E-state index contributed by atoms with van der Waals surface area (Å²) >= 11 is 0. The molecular formula is C16H21N3. The summed E-state index contributed by atoms with van der Waals surface area (Å²) in [4.78, 5) is 0. The number of aromatic nitrogens is 2. The molecule has 0 atom stereocenters. The van der Waals surface area contributed by atoms with Crippen molar-refractivity contribution in [3.8, 4) is 0 Å². The van der Waals surface area contributed by atoms with E-state index in [9.17, 15) is 0 Å². The first-order valence-electron chi connectivity index (χ1n) is 7.76. The molecule has 1 aromatic rings. The first-order valence-corrected chi connectivity index (χ1v) is 7.76. The fraction of sp³-hybridized carbons (Fsp3) is 0.688. The maximum absolute atomic E-state index is 4.87. The van der Waals surface area contributed by atoms with Gasteiger partial charge in [-0.3, -0.25) is 4.68 Å². The molecule has 1 aliphatic heterocycles. The van der Waals surface area contributed by atoms with Gasteiger partial charge in [-0.15, -0.1) is 0 Å². The fourth-order valence-electron chi connectivity index (χ4n) is 4.62. The molecular weight excluding hydrogens is 234 g/mol. The average Bonchev–Trinajstić information content (AvgIpc) is 2.68.